The number of hydrogen-bond donors (Lipinski definition) is 3. The average Bonchev–Trinajstić information content (AvgIpc) is 2.49. The predicted molar refractivity (Wildman–Crippen MR) is 85.5 cm³/mol. The van der Waals surface area contributed by atoms with Crippen molar-refractivity contribution < 1.29 is 23.4 Å². The first-order chi connectivity index (χ1) is 11.1. The van der Waals surface area contributed by atoms with Crippen LogP contribution in [0.5, 0.6) is 5.75 Å². The molecule has 128 valence electrons. The van der Waals surface area contributed by atoms with Crippen LogP contribution in [0.15, 0.2) is 40.0 Å². The van der Waals surface area contributed by atoms with Gasteiger partial charge in [0.1, 0.15) is 0 Å². The Morgan fingerprint density at radius 3 is 2.54 bits per heavy atom. The molecule has 8 nitrogen and oxygen atoms in total. The maximum absolute atomic E-state index is 12.3. The molecule has 0 saturated heterocycles. The number of rotatable bonds is 5. The molecule has 0 radical (unpaired) electrons. The number of aromatic nitrogens is 1. The predicted octanol–water partition coefficient (Wildman–Crippen LogP) is 0.576. The minimum atomic E-state index is -3.83. The second-order valence-electron chi connectivity index (χ2n) is 5.20. The molecule has 0 atom stereocenters. The highest BCUT2D eigenvalue weighted by molar-refractivity contribution is 7.89. The van der Waals surface area contributed by atoms with E-state index < -0.39 is 32.9 Å². The third kappa shape index (κ3) is 3.47. The minimum absolute atomic E-state index is 0.0599. The Hall–Kier alpha value is -2.65. The van der Waals surface area contributed by atoms with Crippen LogP contribution in [0.25, 0.3) is 0 Å². The Morgan fingerprint density at radius 2 is 1.96 bits per heavy atom. The van der Waals surface area contributed by atoms with Crippen LogP contribution in [0.2, 0.25) is 0 Å². The van der Waals surface area contributed by atoms with Gasteiger partial charge in [0.05, 0.1) is 11.4 Å². The number of nitrogens with zero attached hydrogens (tertiary/aromatic N) is 1. The Kier molecular flexibility index (Phi) is 4.76. The third-order valence-electron chi connectivity index (χ3n) is 3.47. The molecule has 3 N–H and O–H groups in total. The molecule has 0 spiro atoms. The van der Waals surface area contributed by atoms with E-state index >= 15 is 0 Å². The molecule has 0 fully saturated rings. The summed E-state index contributed by atoms with van der Waals surface area (Å²) in [5, 5.41) is 18.6. The van der Waals surface area contributed by atoms with E-state index in [1.54, 1.807) is 19.1 Å². The second kappa shape index (κ2) is 6.46. The first-order valence-corrected chi connectivity index (χ1v) is 8.33. The zero-order valence-electron chi connectivity index (χ0n) is 13.0. The van der Waals surface area contributed by atoms with Crippen LogP contribution in [0.1, 0.15) is 21.7 Å². The summed E-state index contributed by atoms with van der Waals surface area (Å²) in [4.78, 5) is 22.9. The molecule has 0 aliphatic carbocycles. The third-order valence-corrected chi connectivity index (χ3v) is 4.87. The Labute approximate surface area is 138 Å². The number of aromatic carboxylic acids is 1. The smallest absolute Gasteiger partial charge is 0.356 e. The van der Waals surface area contributed by atoms with Gasteiger partial charge in [-0.2, -0.15) is 0 Å². The van der Waals surface area contributed by atoms with Gasteiger partial charge in [-0.1, -0.05) is 12.1 Å². The molecule has 2 aromatic rings. The molecule has 0 aliphatic rings. The van der Waals surface area contributed by atoms with Crippen LogP contribution in [0.4, 0.5) is 0 Å². The van der Waals surface area contributed by atoms with Crippen LogP contribution in [-0.2, 0) is 23.6 Å². The number of carboxylic acid groups (broad SMARTS) is 1. The number of carbonyl (C=O) groups is 1. The maximum Gasteiger partial charge on any atom is 0.356 e. The number of aromatic hydroxyl groups is 1. The summed E-state index contributed by atoms with van der Waals surface area (Å²) in [6, 6.07) is 7.25. The number of hydrogen-bond acceptors (Lipinski definition) is 5. The highest BCUT2D eigenvalue weighted by atomic mass is 32.2. The Bertz CT molecular complexity index is 962. The molecular formula is C15H16N2O6S. The van der Waals surface area contributed by atoms with Gasteiger partial charge in [0.2, 0.25) is 15.5 Å². The van der Waals surface area contributed by atoms with E-state index in [0.29, 0.717) is 0 Å². The van der Waals surface area contributed by atoms with Gasteiger partial charge >= 0.3 is 5.97 Å². The van der Waals surface area contributed by atoms with Gasteiger partial charge in [-0.05, 0) is 24.6 Å². The summed E-state index contributed by atoms with van der Waals surface area (Å²) in [6.45, 7) is 1.45. The summed E-state index contributed by atoms with van der Waals surface area (Å²) in [6.07, 6.45) is 0. The van der Waals surface area contributed by atoms with E-state index in [0.717, 1.165) is 16.2 Å². The second-order valence-corrected chi connectivity index (χ2v) is 6.97. The van der Waals surface area contributed by atoms with Crippen molar-refractivity contribution in [3.63, 3.8) is 0 Å². The van der Waals surface area contributed by atoms with Crippen molar-refractivity contribution >= 4 is 16.0 Å². The van der Waals surface area contributed by atoms with Gasteiger partial charge in [-0.15, -0.1) is 0 Å². The van der Waals surface area contributed by atoms with E-state index in [9.17, 15) is 23.1 Å². The van der Waals surface area contributed by atoms with Crippen molar-refractivity contribution in [1.29, 1.82) is 0 Å². The van der Waals surface area contributed by atoms with Crippen LogP contribution in [0, 0.1) is 6.92 Å². The highest BCUT2D eigenvalue weighted by Crippen LogP contribution is 2.15. The van der Waals surface area contributed by atoms with Gasteiger partial charge in [-0.25, -0.2) is 17.9 Å². The number of aryl methyl sites for hydroxylation is 1. The molecule has 1 aromatic heterocycles. The fourth-order valence-corrected chi connectivity index (χ4v) is 3.29. The van der Waals surface area contributed by atoms with Gasteiger partial charge in [-0.3, -0.25) is 4.79 Å². The van der Waals surface area contributed by atoms with Crippen molar-refractivity contribution in [2.45, 2.75) is 18.4 Å². The van der Waals surface area contributed by atoms with Crippen LogP contribution in [-0.4, -0.2) is 29.2 Å². The lowest BCUT2D eigenvalue weighted by Gasteiger charge is -2.14. The molecule has 1 heterocycles. The molecular weight excluding hydrogens is 336 g/mol. The number of sulfonamides is 1. The lowest BCUT2D eigenvalue weighted by molar-refractivity contribution is 0.0681. The van der Waals surface area contributed by atoms with Crippen LogP contribution < -0.4 is 10.2 Å². The zero-order valence-corrected chi connectivity index (χ0v) is 13.8. The minimum Gasteiger partial charge on any atom is -0.502 e. The lowest BCUT2D eigenvalue weighted by Crippen LogP contribution is -2.27. The summed E-state index contributed by atoms with van der Waals surface area (Å²) in [5.74, 6) is -2.38. The Balaban J connectivity index is 2.36. The van der Waals surface area contributed by atoms with Gasteiger partial charge in [0, 0.05) is 18.8 Å². The molecule has 1 aromatic carbocycles. The quantitative estimate of drug-likeness (QED) is 0.722. The summed E-state index contributed by atoms with van der Waals surface area (Å²) in [7, 11) is -2.51. The van der Waals surface area contributed by atoms with Crippen molar-refractivity contribution in [1.82, 2.24) is 9.29 Å². The fraction of sp³-hybridized carbons (Fsp3) is 0.200. The van der Waals surface area contributed by atoms with Gasteiger partial charge in [0.15, 0.2) is 11.4 Å². The zero-order chi connectivity index (χ0) is 18.1. The van der Waals surface area contributed by atoms with Crippen LogP contribution >= 0.6 is 0 Å². The van der Waals surface area contributed by atoms with Crippen molar-refractivity contribution in [3.05, 3.63) is 57.5 Å². The normalized spacial score (nSPS) is 11.4. The molecule has 9 heteroatoms. The molecule has 0 bridgehead atoms. The van der Waals surface area contributed by atoms with Crippen molar-refractivity contribution in [2.75, 3.05) is 0 Å². The SMILES string of the molecule is Cc1cccc(S(=O)(=O)NCc2cc(=O)c(O)c(C(=O)O)n2C)c1. The van der Waals surface area contributed by atoms with E-state index in [2.05, 4.69) is 4.72 Å². The number of carboxylic acids is 1. The highest BCUT2D eigenvalue weighted by Gasteiger charge is 2.20. The summed E-state index contributed by atoms with van der Waals surface area (Å²) in [5.41, 5.74) is -0.628. The van der Waals surface area contributed by atoms with Crippen molar-refractivity contribution in [2.24, 2.45) is 7.05 Å². The fourth-order valence-electron chi connectivity index (χ4n) is 2.18. The number of nitrogens with one attached hydrogen (secondary N) is 1. The summed E-state index contributed by atoms with van der Waals surface area (Å²) < 4.78 is 27.9. The van der Waals surface area contributed by atoms with Crippen LogP contribution in [0.3, 0.4) is 0 Å². The lowest BCUT2D eigenvalue weighted by atomic mass is 10.2. The molecule has 0 saturated carbocycles. The Morgan fingerprint density at radius 1 is 1.29 bits per heavy atom. The molecule has 0 aliphatic heterocycles. The average molecular weight is 352 g/mol. The topological polar surface area (TPSA) is 126 Å². The molecule has 2 rings (SSSR count). The van der Waals surface area contributed by atoms with E-state index in [4.69, 9.17) is 5.11 Å². The van der Waals surface area contributed by atoms with Gasteiger partial charge < -0.3 is 14.8 Å². The molecule has 24 heavy (non-hydrogen) atoms. The molecule has 0 unspecified atom stereocenters. The first kappa shape index (κ1) is 17.7. The standard InChI is InChI=1S/C15H16N2O6S/c1-9-4-3-5-11(6-9)24(22,23)16-8-10-7-12(18)14(19)13(15(20)21)17(10)2/h3-7,16,19H,8H2,1-2H3,(H,20,21). The molecule has 0 amide bonds. The summed E-state index contributed by atoms with van der Waals surface area (Å²) >= 11 is 0. The van der Waals surface area contributed by atoms with E-state index in [-0.39, 0.29) is 17.1 Å². The van der Waals surface area contributed by atoms with E-state index in [1.807, 2.05) is 0 Å². The van der Waals surface area contributed by atoms with E-state index in [1.165, 1.54) is 19.2 Å². The van der Waals surface area contributed by atoms with Crippen molar-refractivity contribution in [3.8, 4) is 5.75 Å². The number of pyridine rings is 1. The maximum atomic E-state index is 12.3. The van der Waals surface area contributed by atoms with Gasteiger partial charge in [0.25, 0.3) is 0 Å². The monoisotopic (exact) mass is 352 g/mol. The number of benzene rings is 1. The largest absolute Gasteiger partial charge is 0.502 e. The first-order valence-electron chi connectivity index (χ1n) is 6.85.